The second-order valence-electron chi connectivity index (χ2n) is 5.12. The van der Waals surface area contributed by atoms with Gasteiger partial charge >= 0.3 is 0 Å². The molecule has 0 unspecified atom stereocenters. The standard InChI is InChI=1S/C17H20N2/c1-2-5-14(6-3-1)15-8-10-16(11-9-15)19-13-17-7-4-12-18-17/h1-3,5-6,8-11,17-19H,4,7,12-13H2/t17-/m1/s1. The molecule has 2 aromatic carbocycles. The summed E-state index contributed by atoms with van der Waals surface area (Å²) in [7, 11) is 0. The van der Waals surface area contributed by atoms with E-state index in [1.165, 1.54) is 36.2 Å². The van der Waals surface area contributed by atoms with Crippen LogP contribution in [0.4, 0.5) is 5.69 Å². The third kappa shape index (κ3) is 3.15. The van der Waals surface area contributed by atoms with Gasteiger partial charge in [0, 0.05) is 18.3 Å². The van der Waals surface area contributed by atoms with Crippen molar-refractivity contribution in [2.45, 2.75) is 18.9 Å². The van der Waals surface area contributed by atoms with Gasteiger partial charge in [-0.3, -0.25) is 0 Å². The lowest BCUT2D eigenvalue weighted by atomic mass is 10.1. The lowest BCUT2D eigenvalue weighted by Gasteiger charge is -2.13. The quantitative estimate of drug-likeness (QED) is 0.870. The van der Waals surface area contributed by atoms with Gasteiger partial charge in [0.05, 0.1) is 0 Å². The Morgan fingerprint density at radius 3 is 2.37 bits per heavy atom. The molecule has 0 saturated carbocycles. The van der Waals surface area contributed by atoms with Crippen molar-refractivity contribution in [1.82, 2.24) is 5.32 Å². The minimum Gasteiger partial charge on any atom is -0.383 e. The molecule has 1 aliphatic rings. The Bertz CT molecular complexity index is 499. The fraction of sp³-hybridized carbons (Fsp3) is 0.294. The van der Waals surface area contributed by atoms with E-state index < -0.39 is 0 Å². The van der Waals surface area contributed by atoms with Crippen LogP contribution in [0.15, 0.2) is 54.6 Å². The van der Waals surface area contributed by atoms with Gasteiger partial charge in [-0.1, -0.05) is 42.5 Å². The molecule has 1 atom stereocenters. The van der Waals surface area contributed by atoms with E-state index >= 15 is 0 Å². The first-order chi connectivity index (χ1) is 9.42. The smallest absolute Gasteiger partial charge is 0.0341 e. The molecule has 2 heteroatoms. The van der Waals surface area contributed by atoms with Crippen molar-refractivity contribution in [2.24, 2.45) is 0 Å². The maximum absolute atomic E-state index is 3.50. The Labute approximate surface area is 114 Å². The minimum absolute atomic E-state index is 0.633. The zero-order valence-electron chi connectivity index (χ0n) is 11.1. The Hall–Kier alpha value is -1.80. The van der Waals surface area contributed by atoms with Crippen LogP contribution in [0, 0.1) is 0 Å². The largest absolute Gasteiger partial charge is 0.383 e. The number of benzene rings is 2. The van der Waals surface area contributed by atoms with Crippen molar-refractivity contribution < 1.29 is 0 Å². The van der Waals surface area contributed by atoms with Crippen LogP contribution in [-0.4, -0.2) is 19.1 Å². The van der Waals surface area contributed by atoms with E-state index in [4.69, 9.17) is 0 Å². The molecular weight excluding hydrogens is 232 g/mol. The fourth-order valence-corrected chi connectivity index (χ4v) is 2.58. The SMILES string of the molecule is c1ccc(-c2ccc(NC[C@H]3CCCN3)cc2)cc1. The number of rotatable bonds is 4. The summed E-state index contributed by atoms with van der Waals surface area (Å²) in [6.07, 6.45) is 2.59. The topological polar surface area (TPSA) is 24.1 Å². The minimum atomic E-state index is 0.633. The molecule has 2 N–H and O–H groups in total. The van der Waals surface area contributed by atoms with Crippen molar-refractivity contribution in [1.29, 1.82) is 0 Å². The Balaban J connectivity index is 1.62. The van der Waals surface area contributed by atoms with Crippen molar-refractivity contribution in [2.75, 3.05) is 18.4 Å². The number of hydrogen-bond donors (Lipinski definition) is 2. The van der Waals surface area contributed by atoms with E-state index in [2.05, 4.69) is 59.2 Å². The highest BCUT2D eigenvalue weighted by Crippen LogP contribution is 2.21. The Morgan fingerprint density at radius 1 is 0.947 bits per heavy atom. The molecule has 2 nitrogen and oxygen atoms in total. The van der Waals surface area contributed by atoms with E-state index in [-0.39, 0.29) is 0 Å². The van der Waals surface area contributed by atoms with Gasteiger partial charge in [0.2, 0.25) is 0 Å². The first kappa shape index (κ1) is 12.2. The number of anilines is 1. The van der Waals surface area contributed by atoms with Crippen LogP contribution in [0.2, 0.25) is 0 Å². The molecule has 1 aliphatic heterocycles. The van der Waals surface area contributed by atoms with Crippen molar-refractivity contribution in [3.8, 4) is 11.1 Å². The lowest BCUT2D eigenvalue weighted by molar-refractivity contribution is 0.633. The second kappa shape index (κ2) is 5.89. The van der Waals surface area contributed by atoms with Crippen LogP contribution in [0.25, 0.3) is 11.1 Å². The van der Waals surface area contributed by atoms with Crippen LogP contribution in [0.1, 0.15) is 12.8 Å². The van der Waals surface area contributed by atoms with E-state index in [9.17, 15) is 0 Å². The number of nitrogens with one attached hydrogen (secondary N) is 2. The van der Waals surface area contributed by atoms with Crippen LogP contribution in [-0.2, 0) is 0 Å². The predicted molar refractivity (Wildman–Crippen MR) is 81.4 cm³/mol. The molecule has 0 aliphatic carbocycles. The monoisotopic (exact) mass is 252 g/mol. The lowest BCUT2D eigenvalue weighted by Crippen LogP contribution is -2.29. The summed E-state index contributed by atoms with van der Waals surface area (Å²) >= 11 is 0. The normalized spacial score (nSPS) is 18.4. The molecule has 19 heavy (non-hydrogen) atoms. The van der Waals surface area contributed by atoms with Crippen LogP contribution >= 0.6 is 0 Å². The Morgan fingerprint density at radius 2 is 1.68 bits per heavy atom. The molecule has 98 valence electrons. The molecule has 1 heterocycles. The van der Waals surface area contributed by atoms with Gasteiger partial charge in [-0.2, -0.15) is 0 Å². The average molecular weight is 252 g/mol. The van der Waals surface area contributed by atoms with Crippen LogP contribution in [0.5, 0.6) is 0 Å². The van der Waals surface area contributed by atoms with Crippen molar-refractivity contribution in [3.05, 3.63) is 54.6 Å². The zero-order chi connectivity index (χ0) is 12.9. The van der Waals surface area contributed by atoms with Gasteiger partial charge in [0.15, 0.2) is 0 Å². The first-order valence-electron chi connectivity index (χ1n) is 7.04. The highest BCUT2D eigenvalue weighted by Gasteiger charge is 2.12. The van der Waals surface area contributed by atoms with E-state index in [0.29, 0.717) is 6.04 Å². The van der Waals surface area contributed by atoms with Gasteiger partial charge in [0.1, 0.15) is 0 Å². The van der Waals surface area contributed by atoms with Crippen molar-refractivity contribution >= 4 is 5.69 Å². The molecule has 0 spiro atoms. The molecule has 0 bridgehead atoms. The summed E-state index contributed by atoms with van der Waals surface area (Å²) in [5, 5.41) is 7.00. The summed E-state index contributed by atoms with van der Waals surface area (Å²) < 4.78 is 0. The summed E-state index contributed by atoms with van der Waals surface area (Å²) in [5.74, 6) is 0. The summed E-state index contributed by atoms with van der Waals surface area (Å²) in [4.78, 5) is 0. The average Bonchev–Trinajstić information content (AvgIpc) is 3.00. The molecule has 2 aromatic rings. The fourth-order valence-electron chi connectivity index (χ4n) is 2.58. The Kier molecular flexibility index (Phi) is 3.80. The van der Waals surface area contributed by atoms with E-state index in [0.717, 1.165) is 6.54 Å². The summed E-state index contributed by atoms with van der Waals surface area (Å²) in [6, 6.07) is 19.8. The van der Waals surface area contributed by atoms with Crippen molar-refractivity contribution in [3.63, 3.8) is 0 Å². The van der Waals surface area contributed by atoms with Crippen LogP contribution < -0.4 is 10.6 Å². The van der Waals surface area contributed by atoms with E-state index in [1.54, 1.807) is 0 Å². The highest BCUT2D eigenvalue weighted by molar-refractivity contribution is 5.65. The molecule has 0 aromatic heterocycles. The zero-order valence-corrected chi connectivity index (χ0v) is 11.1. The molecule has 0 amide bonds. The van der Waals surface area contributed by atoms with Gasteiger partial charge in [-0.25, -0.2) is 0 Å². The number of hydrogen-bond acceptors (Lipinski definition) is 2. The highest BCUT2D eigenvalue weighted by atomic mass is 15.0. The molecule has 0 radical (unpaired) electrons. The van der Waals surface area contributed by atoms with Gasteiger partial charge in [-0.15, -0.1) is 0 Å². The summed E-state index contributed by atoms with van der Waals surface area (Å²) in [6.45, 7) is 2.18. The molecular formula is C17H20N2. The molecule has 3 rings (SSSR count). The third-order valence-corrected chi connectivity index (χ3v) is 3.71. The maximum atomic E-state index is 3.50. The van der Waals surface area contributed by atoms with Crippen LogP contribution in [0.3, 0.4) is 0 Å². The van der Waals surface area contributed by atoms with Gasteiger partial charge in [-0.05, 0) is 42.6 Å². The maximum Gasteiger partial charge on any atom is 0.0341 e. The first-order valence-corrected chi connectivity index (χ1v) is 7.04. The second-order valence-corrected chi connectivity index (χ2v) is 5.12. The third-order valence-electron chi connectivity index (χ3n) is 3.71. The van der Waals surface area contributed by atoms with Gasteiger partial charge < -0.3 is 10.6 Å². The summed E-state index contributed by atoms with van der Waals surface area (Å²) in [5.41, 5.74) is 3.74. The molecule has 1 saturated heterocycles. The van der Waals surface area contributed by atoms with E-state index in [1.807, 2.05) is 6.07 Å². The predicted octanol–water partition coefficient (Wildman–Crippen LogP) is 3.52. The van der Waals surface area contributed by atoms with Gasteiger partial charge in [0.25, 0.3) is 0 Å². The molecule has 1 fully saturated rings.